The van der Waals surface area contributed by atoms with Gasteiger partial charge >= 0.3 is 0 Å². The number of aryl methyl sites for hydroxylation is 2. The highest BCUT2D eigenvalue weighted by atomic mass is 35.5. The van der Waals surface area contributed by atoms with Gasteiger partial charge < -0.3 is 0 Å². The van der Waals surface area contributed by atoms with Crippen molar-refractivity contribution >= 4 is 30.8 Å². The standard InChI is InChI=1S/C21H21ClNSi/c1-17-15-18(16-21(22)23-17)9-8-14-24(19-10-4-2-5-11-19)20-12-6-3-7-13-20/h2-7,10-13,15-16H,8-9,14H2,1H3. The predicted molar refractivity (Wildman–Crippen MR) is 105 cm³/mol. The Morgan fingerprint density at radius 2 is 1.46 bits per heavy atom. The van der Waals surface area contributed by atoms with Gasteiger partial charge in [0.1, 0.15) is 13.9 Å². The summed E-state index contributed by atoms with van der Waals surface area (Å²) in [5.74, 6) is 0. The molecular weight excluding hydrogens is 330 g/mol. The second-order valence-corrected chi connectivity index (χ2v) is 9.00. The van der Waals surface area contributed by atoms with E-state index in [4.69, 9.17) is 11.6 Å². The van der Waals surface area contributed by atoms with Crippen LogP contribution in [0, 0.1) is 6.92 Å². The van der Waals surface area contributed by atoms with E-state index >= 15 is 0 Å². The van der Waals surface area contributed by atoms with Gasteiger partial charge in [0.2, 0.25) is 0 Å². The van der Waals surface area contributed by atoms with Crippen molar-refractivity contribution < 1.29 is 0 Å². The third kappa shape index (κ3) is 4.56. The molecule has 3 aromatic rings. The van der Waals surface area contributed by atoms with Gasteiger partial charge in [-0.15, -0.1) is 0 Å². The fourth-order valence-corrected chi connectivity index (χ4v) is 5.95. The minimum atomic E-state index is -0.738. The summed E-state index contributed by atoms with van der Waals surface area (Å²) >= 11 is 6.08. The van der Waals surface area contributed by atoms with Crippen LogP contribution in [-0.4, -0.2) is 13.8 Å². The zero-order valence-electron chi connectivity index (χ0n) is 13.9. The van der Waals surface area contributed by atoms with E-state index in [9.17, 15) is 0 Å². The topological polar surface area (TPSA) is 12.9 Å². The Kier molecular flexibility index (Phi) is 5.84. The van der Waals surface area contributed by atoms with Gasteiger partial charge in [-0.2, -0.15) is 0 Å². The van der Waals surface area contributed by atoms with Crippen molar-refractivity contribution in [3.05, 3.63) is 89.2 Å². The maximum absolute atomic E-state index is 6.08. The summed E-state index contributed by atoms with van der Waals surface area (Å²) in [7, 11) is -0.738. The largest absolute Gasteiger partial charge is 0.241 e. The van der Waals surface area contributed by atoms with E-state index in [0.29, 0.717) is 5.15 Å². The molecule has 1 heterocycles. The number of hydrogen-bond donors (Lipinski definition) is 0. The molecule has 2 aromatic carbocycles. The van der Waals surface area contributed by atoms with Gasteiger partial charge in [0.05, 0.1) is 0 Å². The van der Waals surface area contributed by atoms with E-state index in [2.05, 4.69) is 71.7 Å². The summed E-state index contributed by atoms with van der Waals surface area (Å²) in [6.07, 6.45) is 2.22. The molecule has 0 aliphatic heterocycles. The predicted octanol–water partition coefficient (Wildman–Crippen LogP) is 4.29. The quantitative estimate of drug-likeness (QED) is 0.477. The van der Waals surface area contributed by atoms with Crippen LogP contribution in [0.3, 0.4) is 0 Å². The van der Waals surface area contributed by atoms with Crippen molar-refractivity contribution in [2.45, 2.75) is 25.8 Å². The number of nitrogens with zero attached hydrogens (tertiary/aromatic N) is 1. The second-order valence-electron chi connectivity index (χ2n) is 6.00. The van der Waals surface area contributed by atoms with Crippen LogP contribution in [0.15, 0.2) is 72.8 Å². The van der Waals surface area contributed by atoms with Crippen molar-refractivity contribution in [2.75, 3.05) is 0 Å². The molecule has 1 nitrogen and oxygen atoms in total. The van der Waals surface area contributed by atoms with Crippen molar-refractivity contribution in [3.63, 3.8) is 0 Å². The average Bonchev–Trinajstić information content (AvgIpc) is 2.59. The SMILES string of the molecule is Cc1cc(CCC[Si](c2ccccc2)c2ccccc2)cc(Cl)n1. The fourth-order valence-electron chi connectivity index (χ4n) is 3.04. The monoisotopic (exact) mass is 350 g/mol. The van der Waals surface area contributed by atoms with E-state index in [0.717, 1.165) is 18.5 Å². The minimum absolute atomic E-state index is 0.599. The van der Waals surface area contributed by atoms with Crippen molar-refractivity contribution in [2.24, 2.45) is 0 Å². The molecule has 0 aliphatic carbocycles. The summed E-state index contributed by atoms with van der Waals surface area (Å²) in [5.41, 5.74) is 2.28. The molecule has 0 saturated carbocycles. The summed E-state index contributed by atoms with van der Waals surface area (Å²) in [6.45, 7) is 2.00. The van der Waals surface area contributed by atoms with Crippen molar-refractivity contribution in [3.8, 4) is 0 Å². The van der Waals surface area contributed by atoms with Crippen molar-refractivity contribution in [1.29, 1.82) is 0 Å². The number of hydrogen-bond acceptors (Lipinski definition) is 1. The Balaban J connectivity index is 1.73. The normalized spacial score (nSPS) is 11.0. The lowest BCUT2D eigenvalue weighted by Crippen LogP contribution is -2.41. The van der Waals surface area contributed by atoms with Gasteiger partial charge in [-0.1, -0.05) is 95.1 Å². The first-order valence-electron chi connectivity index (χ1n) is 8.32. The lowest BCUT2D eigenvalue weighted by Gasteiger charge is -2.16. The van der Waals surface area contributed by atoms with Crippen LogP contribution in [0.4, 0.5) is 0 Å². The molecule has 24 heavy (non-hydrogen) atoms. The molecule has 0 N–H and O–H groups in total. The summed E-state index contributed by atoms with van der Waals surface area (Å²) in [6, 6.07) is 27.2. The first kappa shape index (κ1) is 16.9. The first-order valence-corrected chi connectivity index (χ1v) is 10.4. The number of benzene rings is 2. The molecular formula is C21H21ClNSi. The van der Waals surface area contributed by atoms with Crippen LogP contribution in [0.2, 0.25) is 11.2 Å². The Morgan fingerprint density at radius 3 is 2.00 bits per heavy atom. The Hall–Kier alpha value is -1.90. The number of pyridine rings is 1. The van der Waals surface area contributed by atoms with E-state index < -0.39 is 8.80 Å². The van der Waals surface area contributed by atoms with E-state index in [1.54, 1.807) is 0 Å². The molecule has 1 aromatic heterocycles. The van der Waals surface area contributed by atoms with Gasteiger partial charge in [0, 0.05) is 5.69 Å². The molecule has 0 saturated heterocycles. The number of aromatic nitrogens is 1. The molecule has 1 radical (unpaired) electrons. The average molecular weight is 351 g/mol. The Morgan fingerprint density at radius 1 is 0.875 bits per heavy atom. The lowest BCUT2D eigenvalue weighted by molar-refractivity contribution is 0.906. The van der Waals surface area contributed by atoms with Crippen molar-refractivity contribution in [1.82, 2.24) is 4.98 Å². The van der Waals surface area contributed by atoms with Crippen LogP contribution < -0.4 is 10.4 Å². The van der Waals surface area contributed by atoms with E-state index in [-0.39, 0.29) is 0 Å². The Bertz CT molecular complexity index is 715. The highest BCUT2D eigenvalue weighted by Gasteiger charge is 2.16. The third-order valence-corrected chi connectivity index (χ3v) is 7.23. The molecule has 3 heteroatoms. The molecule has 3 rings (SSSR count). The zero-order valence-corrected chi connectivity index (χ0v) is 15.6. The van der Waals surface area contributed by atoms with Crippen LogP contribution in [0.25, 0.3) is 0 Å². The van der Waals surface area contributed by atoms with E-state index in [1.807, 2.05) is 13.0 Å². The van der Waals surface area contributed by atoms with Crippen LogP contribution in [0.1, 0.15) is 17.7 Å². The van der Waals surface area contributed by atoms with Crippen LogP contribution in [0.5, 0.6) is 0 Å². The van der Waals surface area contributed by atoms with E-state index in [1.165, 1.54) is 22.0 Å². The van der Waals surface area contributed by atoms with Gasteiger partial charge in [-0.05, 0) is 31.0 Å². The fraction of sp³-hybridized carbons (Fsp3) is 0.190. The molecule has 0 amide bonds. The van der Waals surface area contributed by atoms with Gasteiger partial charge in [0.15, 0.2) is 0 Å². The van der Waals surface area contributed by atoms with Crippen LogP contribution >= 0.6 is 11.6 Å². The summed E-state index contributed by atoms with van der Waals surface area (Å²) in [5, 5.41) is 3.57. The molecule has 0 aliphatic rings. The highest BCUT2D eigenvalue weighted by molar-refractivity contribution is 6.85. The zero-order chi connectivity index (χ0) is 16.8. The van der Waals surface area contributed by atoms with Gasteiger partial charge in [0.25, 0.3) is 0 Å². The third-order valence-electron chi connectivity index (χ3n) is 4.12. The maximum Gasteiger partial charge on any atom is 0.129 e. The van der Waals surface area contributed by atoms with Gasteiger partial charge in [-0.3, -0.25) is 0 Å². The number of halogens is 1. The molecule has 121 valence electrons. The maximum atomic E-state index is 6.08. The van der Waals surface area contributed by atoms with Crippen LogP contribution in [-0.2, 0) is 6.42 Å². The summed E-state index contributed by atoms with van der Waals surface area (Å²) in [4.78, 5) is 4.24. The molecule has 0 bridgehead atoms. The summed E-state index contributed by atoms with van der Waals surface area (Å²) < 4.78 is 0. The number of rotatable bonds is 6. The van der Waals surface area contributed by atoms with Gasteiger partial charge in [-0.25, -0.2) is 4.98 Å². The highest BCUT2D eigenvalue weighted by Crippen LogP contribution is 2.14. The molecule has 0 spiro atoms. The lowest BCUT2D eigenvalue weighted by atomic mass is 10.1. The first-order chi connectivity index (χ1) is 11.7. The molecule has 0 unspecified atom stereocenters. The smallest absolute Gasteiger partial charge is 0.129 e. The molecule has 0 fully saturated rings. The minimum Gasteiger partial charge on any atom is -0.241 e. The molecule has 0 atom stereocenters. The second kappa shape index (κ2) is 8.27. The Labute approximate surface area is 151 Å².